The molecule has 1 aliphatic rings. The van der Waals surface area contributed by atoms with Crippen LogP contribution in [0.2, 0.25) is 0 Å². The van der Waals surface area contributed by atoms with Gasteiger partial charge in [-0.15, -0.1) is 0 Å². The standard InChI is InChI=1S/C26H32N2O6/c1-3-19-10-6-7-11-21(19)27-24(29)17-34-26(31)20-12-13-22(23(16-20)32-4-2)33-18-25(30)28-14-8-5-9-15-28/h6-7,10-13,16H,3-5,8-9,14-15,17-18H2,1-2H3,(H,27,29). The van der Waals surface area contributed by atoms with Gasteiger partial charge in [-0.25, -0.2) is 4.79 Å². The van der Waals surface area contributed by atoms with E-state index < -0.39 is 18.5 Å². The Kier molecular flexibility index (Phi) is 9.31. The average Bonchev–Trinajstić information content (AvgIpc) is 2.87. The monoisotopic (exact) mass is 468 g/mol. The Labute approximate surface area is 200 Å². The van der Waals surface area contributed by atoms with E-state index in [4.69, 9.17) is 14.2 Å². The summed E-state index contributed by atoms with van der Waals surface area (Å²) in [4.78, 5) is 38.9. The maximum absolute atomic E-state index is 12.5. The normalized spacial score (nSPS) is 13.2. The average molecular weight is 469 g/mol. The molecule has 0 unspecified atom stereocenters. The number of hydrogen-bond acceptors (Lipinski definition) is 6. The number of nitrogens with one attached hydrogen (secondary N) is 1. The molecular weight excluding hydrogens is 436 g/mol. The van der Waals surface area contributed by atoms with Crippen molar-refractivity contribution >= 4 is 23.5 Å². The van der Waals surface area contributed by atoms with Crippen molar-refractivity contribution in [3.8, 4) is 11.5 Å². The molecule has 2 aromatic rings. The zero-order valence-corrected chi connectivity index (χ0v) is 19.8. The molecule has 1 aliphatic heterocycles. The number of piperidine rings is 1. The second-order valence-electron chi connectivity index (χ2n) is 7.96. The van der Waals surface area contributed by atoms with Crippen LogP contribution in [-0.4, -0.2) is 55.6 Å². The number of para-hydroxylation sites is 1. The number of esters is 1. The van der Waals surface area contributed by atoms with Crippen LogP contribution in [-0.2, 0) is 20.7 Å². The molecule has 0 bridgehead atoms. The molecule has 1 fully saturated rings. The topological polar surface area (TPSA) is 94.2 Å². The van der Waals surface area contributed by atoms with Crippen molar-refractivity contribution in [1.82, 2.24) is 4.90 Å². The van der Waals surface area contributed by atoms with E-state index in [9.17, 15) is 14.4 Å². The molecule has 2 amide bonds. The van der Waals surface area contributed by atoms with Crippen molar-refractivity contribution in [3.63, 3.8) is 0 Å². The summed E-state index contributed by atoms with van der Waals surface area (Å²) in [7, 11) is 0. The number of carbonyl (C=O) groups is 3. The molecule has 0 atom stereocenters. The van der Waals surface area contributed by atoms with E-state index in [0.29, 0.717) is 23.8 Å². The second kappa shape index (κ2) is 12.6. The molecule has 1 heterocycles. The minimum absolute atomic E-state index is 0.0682. The van der Waals surface area contributed by atoms with E-state index in [1.165, 1.54) is 12.1 Å². The minimum Gasteiger partial charge on any atom is -0.490 e. The molecule has 182 valence electrons. The van der Waals surface area contributed by atoms with Crippen molar-refractivity contribution in [2.24, 2.45) is 0 Å². The summed E-state index contributed by atoms with van der Waals surface area (Å²) in [5, 5.41) is 2.77. The fraction of sp³-hybridized carbons (Fsp3) is 0.423. The predicted molar refractivity (Wildman–Crippen MR) is 128 cm³/mol. The van der Waals surface area contributed by atoms with Crippen molar-refractivity contribution < 1.29 is 28.6 Å². The number of amides is 2. The summed E-state index contributed by atoms with van der Waals surface area (Å²) in [5.41, 5.74) is 1.92. The van der Waals surface area contributed by atoms with Gasteiger partial charge in [0.2, 0.25) is 0 Å². The third kappa shape index (κ3) is 6.97. The Balaban J connectivity index is 1.57. The number of rotatable bonds is 10. The predicted octanol–water partition coefficient (Wildman–Crippen LogP) is 3.83. The molecule has 8 heteroatoms. The van der Waals surface area contributed by atoms with Crippen LogP contribution in [0.1, 0.15) is 49.0 Å². The number of anilines is 1. The summed E-state index contributed by atoms with van der Waals surface area (Å²) in [6, 6.07) is 12.1. The third-order valence-electron chi connectivity index (χ3n) is 5.55. The van der Waals surface area contributed by atoms with Gasteiger partial charge >= 0.3 is 5.97 Å². The Morgan fingerprint density at radius 1 is 0.912 bits per heavy atom. The number of nitrogens with zero attached hydrogens (tertiary/aromatic N) is 1. The maximum atomic E-state index is 12.5. The van der Waals surface area contributed by atoms with Gasteiger partial charge in [-0.05, 0) is 62.4 Å². The molecule has 1 saturated heterocycles. The van der Waals surface area contributed by atoms with Gasteiger partial charge in [-0.1, -0.05) is 25.1 Å². The van der Waals surface area contributed by atoms with Crippen LogP contribution in [0.3, 0.4) is 0 Å². The maximum Gasteiger partial charge on any atom is 0.338 e. The summed E-state index contributed by atoms with van der Waals surface area (Å²) >= 11 is 0. The van der Waals surface area contributed by atoms with Gasteiger partial charge in [0.05, 0.1) is 12.2 Å². The molecule has 3 rings (SSSR count). The molecule has 34 heavy (non-hydrogen) atoms. The van der Waals surface area contributed by atoms with Gasteiger partial charge in [0.15, 0.2) is 24.7 Å². The molecule has 0 saturated carbocycles. The van der Waals surface area contributed by atoms with E-state index in [2.05, 4.69) is 5.32 Å². The first-order valence-electron chi connectivity index (χ1n) is 11.7. The highest BCUT2D eigenvalue weighted by Crippen LogP contribution is 2.29. The highest BCUT2D eigenvalue weighted by atomic mass is 16.5. The first-order chi connectivity index (χ1) is 16.5. The molecule has 2 aromatic carbocycles. The Bertz CT molecular complexity index is 1000. The Morgan fingerprint density at radius 3 is 2.41 bits per heavy atom. The third-order valence-corrected chi connectivity index (χ3v) is 5.55. The fourth-order valence-corrected chi connectivity index (χ4v) is 3.75. The highest BCUT2D eigenvalue weighted by Gasteiger charge is 2.19. The molecule has 0 spiro atoms. The largest absolute Gasteiger partial charge is 0.490 e. The van der Waals surface area contributed by atoms with Crippen LogP contribution in [0, 0.1) is 0 Å². The molecule has 0 aromatic heterocycles. The lowest BCUT2D eigenvalue weighted by Crippen LogP contribution is -2.38. The molecule has 8 nitrogen and oxygen atoms in total. The number of hydrogen-bond donors (Lipinski definition) is 1. The van der Waals surface area contributed by atoms with E-state index >= 15 is 0 Å². The minimum atomic E-state index is -0.657. The molecule has 0 aliphatic carbocycles. The van der Waals surface area contributed by atoms with Crippen LogP contribution in [0.15, 0.2) is 42.5 Å². The zero-order valence-electron chi connectivity index (χ0n) is 19.8. The van der Waals surface area contributed by atoms with Crippen molar-refractivity contribution in [1.29, 1.82) is 0 Å². The van der Waals surface area contributed by atoms with Gasteiger partial charge in [-0.2, -0.15) is 0 Å². The van der Waals surface area contributed by atoms with Gasteiger partial charge in [0.1, 0.15) is 0 Å². The van der Waals surface area contributed by atoms with E-state index in [1.54, 1.807) is 11.0 Å². The van der Waals surface area contributed by atoms with Crippen LogP contribution in [0.5, 0.6) is 11.5 Å². The summed E-state index contributed by atoms with van der Waals surface area (Å²) < 4.78 is 16.5. The van der Waals surface area contributed by atoms with Gasteiger partial charge in [0, 0.05) is 18.8 Å². The van der Waals surface area contributed by atoms with Gasteiger partial charge in [-0.3, -0.25) is 9.59 Å². The molecule has 1 N–H and O–H groups in total. The van der Waals surface area contributed by atoms with Crippen molar-refractivity contribution in [2.45, 2.75) is 39.5 Å². The summed E-state index contributed by atoms with van der Waals surface area (Å²) in [5.74, 6) is -0.435. The molecule has 0 radical (unpaired) electrons. The zero-order chi connectivity index (χ0) is 24.3. The first kappa shape index (κ1) is 25.1. The SMILES string of the molecule is CCOc1cc(C(=O)OCC(=O)Nc2ccccc2CC)ccc1OCC(=O)N1CCCCC1. The summed E-state index contributed by atoms with van der Waals surface area (Å²) in [6.45, 7) is 5.16. The first-order valence-corrected chi connectivity index (χ1v) is 11.7. The quantitative estimate of drug-likeness (QED) is 0.533. The lowest BCUT2D eigenvalue weighted by Gasteiger charge is -2.26. The fourth-order valence-electron chi connectivity index (χ4n) is 3.75. The van der Waals surface area contributed by atoms with Crippen LogP contribution in [0.25, 0.3) is 0 Å². The number of carbonyl (C=O) groups excluding carboxylic acids is 3. The lowest BCUT2D eigenvalue weighted by atomic mass is 10.1. The number of likely N-dealkylation sites (tertiary alicyclic amines) is 1. The van der Waals surface area contributed by atoms with Gasteiger partial charge < -0.3 is 24.4 Å². The van der Waals surface area contributed by atoms with Crippen molar-refractivity contribution in [2.75, 3.05) is 38.2 Å². The van der Waals surface area contributed by atoms with Crippen LogP contribution < -0.4 is 14.8 Å². The smallest absolute Gasteiger partial charge is 0.338 e. The van der Waals surface area contributed by atoms with Gasteiger partial charge in [0.25, 0.3) is 11.8 Å². The number of aryl methyl sites for hydroxylation is 1. The van der Waals surface area contributed by atoms with E-state index in [-0.39, 0.29) is 18.1 Å². The molecular formula is C26H32N2O6. The van der Waals surface area contributed by atoms with Crippen LogP contribution in [0.4, 0.5) is 5.69 Å². The van der Waals surface area contributed by atoms with E-state index in [0.717, 1.165) is 44.3 Å². The summed E-state index contributed by atoms with van der Waals surface area (Å²) in [6.07, 6.45) is 3.94. The Morgan fingerprint density at radius 2 is 1.68 bits per heavy atom. The number of ether oxygens (including phenoxy) is 3. The lowest BCUT2D eigenvalue weighted by molar-refractivity contribution is -0.134. The van der Waals surface area contributed by atoms with Crippen molar-refractivity contribution in [3.05, 3.63) is 53.6 Å². The number of benzene rings is 2. The second-order valence-corrected chi connectivity index (χ2v) is 7.96. The highest BCUT2D eigenvalue weighted by molar-refractivity contribution is 5.96. The Hall–Kier alpha value is -3.55. The van der Waals surface area contributed by atoms with E-state index in [1.807, 2.05) is 38.1 Å². The van der Waals surface area contributed by atoms with Crippen LogP contribution >= 0.6 is 0 Å².